The molecular weight excluding hydrogens is 258 g/mol. The van der Waals surface area contributed by atoms with E-state index >= 15 is 0 Å². The van der Waals surface area contributed by atoms with Crippen LogP contribution in [-0.2, 0) is 4.74 Å². The lowest BCUT2D eigenvalue weighted by Crippen LogP contribution is -2.44. The van der Waals surface area contributed by atoms with Crippen molar-refractivity contribution in [1.82, 2.24) is 9.88 Å². The SMILES string of the molecule is COC(=O)c1ccc(NCC(C)(C)N(C)C)nc1OC. The minimum atomic E-state index is -0.463. The highest BCUT2D eigenvalue weighted by molar-refractivity contribution is 5.92. The number of methoxy groups -OCH3 is 2. The highest BCUT2D eigenvalue weighted by Crippen LogP contribution is 2.20. The number of pyridine rings is 1. The van der Waals surface area contributed by atoms with E-state index in [9.17, 15) is 4.79 Å². The lowest BCUT2D eigenvalue weighted by Gasteiger charge is -2.32. The van der Waals surface area contributed by atoms with Gasteiger partial charge in [0, 0.05) is 12.1 Å². The van der Waals surface area contributed by atoms with Gasteiger partial charge in [0.15, 0.2) is 0 Å². The van der Waals surface area contributed by atoms with Crippen molar-refractivity contribution in [2.24, 2.45) is 0 Å². The van der Waals surface area contributed by atoms with Gasteiger partial charge < -0.3 is 19.7 Å². The molecule has 1 rings (SSSR count). The second-order valence-corrected chi connectivity index (χ2v) is 5.31. The molecule has 0 bridgehead atoms. The van der Waals surface area contributed by atoms with Crippen molar-refractivity contribution in [3.8, 4) is 5.88 Å². The number of hydrogen-bond acceptors (Lipinski definition) is 6. The molecule has 6 heteroatoms. The third-order valence-electron chi connectivity index (χ3n) is 3.37. The van der Waals surface area contributed by atoms with E-state index in [0.717, 1.165) is 0 Å². The molecule has 0 fully saturated rings. The van der Waals surface area contributed by atoms with Gasteiger partial charge in [-0.1, -0.05) is 0 Å². The molecule has 1 N–H and O–H groups in total. The molecule has 1 aromatic heterocycles. The molecule has 0 aliphatic heterocycles. The van der Waals surface area contributed by atoms with Crippen molar-refractivity contribution in [2.45, 2.75) is 19.4 Å². The molecule has 1 heterocycles. The first-order chi connectivity index (χ1) is 9.31. The van der Waals surface area contributed by atoms with Crippen molar-refractivity contribution >= 4 is 11.8 Å². The number of nitrogens with zero attached hydrogens (tertiary/aromatic N) is 2. The summed E-state index contributed by atoms with van der Waals surface area (Å²) in [5, 5.41) is 3.24. The second-order valence-electron chi connectivity index (χ2n) is 5.31. The van der Waals surface area contributed by atoms with Crippen LogP contribution in [0.15, 0.2) is 12.1 Å². The number of hydrogen-bond donors (Lipinski definition) is 1. The number of carbonyl (C=O) groups is 1. The number of carbonyl (C=O) groups excluding carboxylic acids is 1. The first-order valence-corrected chi connectivity index (χ1v) is 6.36. The molecule has 0 atom stereocenters. The molecule has 20 heavy (non-hydrogen) atoms. The second kappa shape index (κ2) is 6.56. The fourth-order valence-corrected chi connectivity index (χ4v) is 1.42. The fraction of sp³-hybridized carbons (Fsp3) is 0.571. The van der Waals surface area contributed by atoms with Crippen molar-refractivity contribution in [3.63, 3.8) is 0 Å². The molecule has 0 aliphatic rings. The predicted octanol–water partition coefficient (Wildman–Crippen LogP) is 1.63. The number of esters is 1. The van der Waals surface area contributed by atoms with Crippen LogP contribution >= 0.6 is 0 Å². The molecule has 0 aromatic carbocycles. The van der Waals surface area contributed by atoms with E-state index in [1.54, 1.807) is 12.1 Å². The molecule has 112 valence electrons. The zero-order valence-electron chi connectivity index (χ0n) is 13.0. The summed E-state index contributed by atoms with van der Waals surface area (Å²) in [6.45, 7) is 4.97. The molecule has 0 amide bonds. The minimum Gasteiger partial charge on any atom is -0.480 e. The zero-order chi connectivity index (χ0) is 15.3. The van der Waals surface area contributed by atoms with Gasteiger partial charge >= 0.3 is 5.97 Å². The first-order valence-electron chi connectivity index (χ1n) is 6.36. The van der Waals surface area contributed by atoms with Crippen LogP contribution in [0.25, 0.3) is 0 Å². The van der Waals surface area contributed by atoms with E-state index in [2.05, 4.69) is 33.8 Å². The number of anilines is 1. The van der Waals surface area contributed by atoms with Crippen molar-refractivity contribution in [1.29, 1.82) is 0 Å². The van der Waals surface area contributed by atoms with E-state index in [0.29, 0.717) is 17.9 Å². The quantitative estimate of drug-likeness (QED) is 0.800. The highest BCUT2D eigenvalue weighted by atomic mass is 16.5. The average Bonchev–Trinajstić information content (AvgIpc) is 2.43. The third-order valence-corrected chi connectivity index (χ3v) is 3.37. The van der Waals surface area contributed by atoms with Gasteiger partial charge in [-0.05, 0) is 40.1 Å². The van der Waals surface area contributed by atoms with Crippen LogP contribution < -0.4 is 10.1 Å². The summed E-state index contributed by atoms with van der Waals surface area (Å²) in [4.78, 5) is 17.9. The largest absolute Gasteiger partial charge is 0.480 e. The van der Waals surface area contributed by atoms with Crippen LogP contribution in [0.1, 0.15) is 24.2 Å². The van der Waals surface area contributed by atoms with Crippen LogP contribution in [0, 0.1) is 0 Å². The monoisotopic (exact) mass is 281 g/mol. The van der Waals surface area contributed by atoms with Gasteiger partial charge in [0.2, 0.25) is 5.88 Å². The molecule has 0 aliphatic carbocycles. The van der Waals surface area contributed by atoms with E-state index in [-0.39, 0.29) is 11.4 Å². The molecule has 0 saturated heterocycles. The Hall–Kier alpha value is -1.82. The normalized spacial score (nSPS) is 11.3. The maximum atomic E-state index is 11.5. The summed E-state index contributed by atoms with van der Waals surface area (Å²) < 4.78 is 9.80. The summed E-state index contributed by atoms with van der Waals surface area (Å²) in [5.74, 6) is 0.448. The Morgan fingerprint density at radius 1 is 1.35 bits per heavy atom. The molecule has 0 unspecified atom stereocenters. The van der Waals surface area contributed by atoms with Gasteiger partial charge in [-0.25, -0.2) is 4.79 Å². The maximum absolute atomic E-state index is 11.5. The Morgan fingerprint density at radius 3 is 2.50 bits per heavy atom. The standard InChI is InChI=1S/C14H23N3O3/c1-14(2,17(3)4)9-15-11-8-7-10(13(18)20-6)12(16-11)19-5/h7-8H,9H2,1-6H3,(H,15,16). The summed E-state index contributed by atoms with van der Waals surface area (Å²) in [7, 11) is 6.85. The molecule has 0 spiro atoms. The Morgan fingerprint density at radius 2 is 2.00 bits per heavy atom. The molecule has 0 saturated carbocycles. The van der Waals surface area contributed by atoms with Crippen molar-refractivity contribution < 1.29 is 14.3 Å². The lowest BCUT2D eigenvalue weighted by molar-refractivity contribution is 0.0596. The molecule has 6 nitrogen and oxygen atoms in total. The Balaban J connectivity index is 2.86. The number of aromatic nitrogens is 1. The number of ether oxygens (including phenoxy) is 2. The predicted molar refractivity (Wildman–Crippen MR) is 78.4 cm³/mol. The van der Waals surface area contributed by atoms with Crippen molar-refractivity contribution in [2.75, 3.05) is 40.2 Å². The van der Waals surface area contributed by atoms with Crippen molar-refractivity contribution in [3.05, 3.63) is 17.7 Å². The van der Waals surface area contributed by atoms with Crippen LogP contribution in [0.3, 0.4) is 0 Å². The first kappa shape index (κ1) is 16.2. The van der Waals surface area contributed by atoms with Crippen LogP contribution in [0.5, 0.6) is 5.88 Å². The van der Waals surface area contributed by atoms with E-state index in [1.807, 2.05) is 14.1 Å². The molecular formula is C14H23N3O3. The maximum Gasteiger partial charge on any atom is 0.343 e. The summed E-state index contributed by atoms with van der Waals surface area (Å²) in [6, 6.07) is 3.38. The zero-order valence-corrected chi connectivity index (χ0v) is 13.0. The highest BCUT2D eigenvalue weighted by Gasteiger charge is 2.21. The smallest absolute Gasteiger partial charge is 0.343 e. The summed E-state index contributed by atoms with van der Waals surface area (Å²) >= 11 is 0. The van der Waals surface area contributed by atoms with Gasteiger partial charge in [0.25, 0.3) is 0 Å². The van der Waals surface area contributed by atoms with Gasteiger partial charge in [0.1, 0.15) is 11.4 Å². The topological polar surface area (TPSA) is 63.7 Å². The molecule has 0 radical (unpaired) electrons. The minimum absolute atomic E-state index is 0.0179. The van der Waals surface area contributed by atoms with Crippen LogP contribution in [0.4, 0.5) is 5.82 Å². The van der Waals surface area contributed by atoms with Gasteiger partial charge in [0.05, 0.1) is 14.2 Å². The van der Waals surface area contributed by atoms with E-state index in [1.165, 1.54) is 14.2 Å². The average molecular weight is 281 g/mol. The summed E-state index contributed by atoms with van der Waals surface area (Å²) in [6.07, 6.45) is 0. The molecule has 1 aromatic rings. The lowest BCUT2D eigenvalue weighted by atomic mass is 10.0. The van der Waals surface area contributed by atoms with Gasteiger partial charge in [-0.3, -0.25) is 0 Å². The van der Waals surface area contributed by atoms with Crippen LogP contribution in [0.2, 0.25) is 0 Å². The van der Waals surface area contributed by atoms with E-state index < -0.39 is 5.97 Å². The Bertz CT molecular complexity index is 473. The Kier molecular flexibility index (Phi) is 5.33. The number of nitrogens with one attached hydrogen (secondary N) is 1. The van der Waals surface area contributed by atoms with Gasteiger partial charge in [-0.2, -0.15) is 4.98 Å². The fourth-order valence-electron chi connectivity index (χ4n) is 1.42. The third kappa shape index (κ3) is 3.84. The van der Waals surface area contributed by atoms with Crippen LogP contribution in [-0.4, -0.2) is 56.3 Å². The number of likely N-dealkylation sites (N-methyl/N-ethyl adjacent to an activating group) is 1. The van der Waals surface area contributed by atoms with E-state index in [4.69, 9.17) is 4.74 Å². The Labute approximate surface area is 120 Å². The number of rotatable bonds is 6. The summed E-state index contributed by atoms with van der Waals surface area (Å²) in [5.41, 5.74) is 0.295. The van der Waals surface area contributed by atoms with Gasteiger partial charge in [-0.15, -0.1) is 0 Å².